The lowest BCUT2D eigenvalue weighted by molar-refractivity contribution is -0.115. The summed E-state index contributed by atoms with van der Waals surface area (Å²) in [5.74, 6) is 0.0111. The molecule has 5 rings (SSSR count). The standard InChI is InChI=1S/C23H20FN5OS2/c1-14(21(30)26-22-25-19(13-31-22)15-7-3-2-4-8-15)32-23-28-27-20(29(23)16-11-12-16)17-9-5-6-10-18(17)24/h2-10,13-14,16H,11-12H2,1H3,(H,25,26,30). The SMILES string of the molecule is CC(Sc1nnc(-c2ccccc2F)n1C1CC1)C(=O)Nc1nc(-c2ccccc2)cs1. The molecule has 1 amide bonds. The van der Waals surface area contributed by atoms with Gasteiger partial charge in [-0.15, -0.1) is 21.5 Å². The summed E-state index contributed by atoms with van der Waals surface area (Å²) in [5, 5.41) is 14.1. The molecule has 1 aliphatic carbocycles. The third kappa shape index (κ3) is 4.31. The quantitative estimate of drug-likeness (QED) is 0.357. The second-order valence-electron chi connectivity index (χ2n) is 7.54. The normalized spacial score (nSPS) is 14.3. The molecule has 0 radical (unpaired) electrons. The molecular weight excluding hydrogens is 445 g/mol. The van der Waals surface area contributed by atoms with Crippen molar-refractivity contribution in [3.63, 3.8) is 0 Å². The maximum atomic E-state index is 14.3. The second kappa shape index (κ2) is 8.84. The Morgan fingerprint density at radius 2 is 1.91 bits per heavy atom. The van der Waals surface area contributed by atoms with Crippen molar-refractivity contribution < 1.29 is 9.18 Å². The Labute approximate surface area is 192 Å². The number of thiazole rings is 1. The number of rotatable bonds is 7. The molecule has 2 aromatic heterocycles. The minimum absolute atomic E-state index is 0.165. The summed E-state index contributed by atoms with van der Waals surface area (Å²) in [6.45, 7) is 1.82. The number of aromatic nitrogens is 4. The lowest BCUT2D eigenvalue weighted by atomic mass is 10.2. The lowest BCUT2D eigenvalue weighted by Gasteiger charge is -2.12. The van der Waals surface area contributed by atoms with E-state index in [0.29, 0.717) is 21.7 Å². The number of amides is 1. The van der Waals surface area contributed by atoms with E-state index in [4.69, 9.17) is 0 Å². The monoisotopic (exact) mass is 465 g/mol. The summed E-state index contributed by atoms with van der Waals surface area (Å²) in [7, 11) is 0. The van der Waals surface area contributed by atoms with E-state index in [2.05, 4.69) is 20.5 Å². The highest BCUT2D eigenvalue weighted by molar-refractivity contribution is 8.00. The third-order valence-electron chi connectivity index (χ3n) is 5.15. The van der Waals surface area contributed by atoms with Crippen LogP contribution in [0.15, 0.2) is 65.1 Å². The van der Waals surface area contributed by atoms with Crippen LogP contribution >= 0.6 is 23.1 Å². The molecule has 6 nitrogen and oxygen atoms in total. The average Bonchev–Trinajstić information content (AvgIpc) is 3.39. The van der Waals surface area contributed by atoms with Crippen LogP contribution in [0.1, 0.15) is 25.8 Å². The van der Waals surface area contributed by atoms with Crippen molar-refractivity contribution in [3.05, 3.63) is 65.8 Å². The molecule has 32 heavy (non-hydrogen) atoms. The van der Waals surface area contributed by atoms with Crippen LogP contribution in [0.5, 0.6) is 0 Å². The summed E-state index contributed by atoms with van der Waals surface area (Å²) >= 11 is 2.71. The molecule has 1 unspecified atom stereocenters. The van der Waals surface area contributed by atoms with Gasteiger partial charge in [-0.25, -0.2) is 9.37 Å². The molecule has 1 aliphatic rings. The molecule has 9 heteroatoms. The number of carbonyl (C=O) groups is 1. The van der Waals surface area contributed by atoms with E-state index in [1.807, 2.05) is 47.2 Å². The summed E-state index contributed by atoms with van der Waals surface area (Å²) in [6, 6.07) is 16.6. The summed E-state index contributed by atoms with van der Waals surface area (Å²) < 4.78 is 16.3. The smallest absolute Gasteiger partial charge is 0.239 e. The highest BCUT2D eigenvalue weighted by Crippen LogP contribution is 2.42. The Morgan fingerprint density at radius 3 is 2.66 bits per heavy atom. The predicted octanol–water partition coefficient (Wildman–Crippen LogP) is 5.66. The number of hydrogen-bond donors (Lipinski definition) is 1. The Morgan fingerprint density at radius 1 is 1.16 bits per heavy atom. The molecule has 1 N–H and O–H groups in total. The Balaban J connectivity index is 1.31. The topological polar surface area (TPSA) is 72.7 Å². The van der Waals surface area contributed by atoms with Crippen LogP contribution in [-0.2, 0) is 4.79 Å². The summed E-state index contributed by atoms with van der Waals surface area (Å²) in [6.07, 6.45) is 1.99. The molecule has 0 bridgehead atoms. The third-order valence-corrected chi connectivity index (χ3v) is 6.96. The first-order valence-electron chi connectivity index (χ1n) is 10.3. The van der Waals surface area contributed by atoms with Gasteiger partial charge in [0.25, 0.3) is 0 Å². The number of hydrogen-bond acceptors (Lipinski definition) is 6. The maximum absolute atomic E-state index is 14.3. The van der Waals surface area contributed by atoms with Gasteiger partial charge in [0.1, 0.15) is 5.82 Å². The van der Waals surface area contributed by atoms with Crippen LogP contribution in [0, 0.1) is 5.82 Å². The van der Waals surface area contributed by atoms with E-state index in [1.54, 1.807) is 18.2 Å². The molecule has 0 spiro atoms. The van der Waals surface area contributed by atoms with Gasteiger partial charge in [-0.3, -0.25) is 9.36 Å². The minimum Gasteiger partial charge on any atom is -0.301 e. The maximum Gasteiger partial charge on any atom is 0.239 e. The zero-order valence-electron chi connectivity index (χ0n) is 17.2. The molecule has 0 saturated heterocycles. The fourth-order valence-corrected chi connectivity index (χ4v) is 4.98. The number of benzene rings is 2. The Kier molecular flexibility index (Phi) is 5.75. The second-order valence-corrected chi connectivity index (χ2v) is 9.71. The zero-order valence-corrected chi connectivity index (χ0v) is 18.9. The van der Waals surface area contributed by atoms with Crippen molar-refractivity contribution in [1.29, 1.82) is 0 Å². The molecule has 0 aliphatic heterocycles. The minimum atomic E-state index is -0.422. The fraction of sp³-hybridized carbons (Fsp3) is 0.217. The zero-order chi connectivity index (χ0) is 22.1. The van der Waals surface area contributed by atoms with Crippen molar-refractivity contribution in [2.75, 3.05) is 5.32 Å². The lowest BCUT2D eigenvalue weighted by Crippen LogP contribution is -2.22. The molecule has 2 aromatic carbocycles. The van der Waals surface area contributed by atoms with Gasteiger partial charge in [-0.05, 0) is 31.9 Å². The number of halogens is 1. The predicted molar refractivity (Wildman–Crippen MR) is 125 cm³/mol. The van der Waals surface area contributed by atoms with Crippen LogP contribution in [0.4, 0.5) is 9.52 Å². The molecule has 1 saturated carbocycles. The highest BCUT2D eigenvalue weighted by Gasteiger charge is 2.32. The number of nitrogens with zero attached hydrogens (tertiary/aromatic N) is 4. The van der Waals surface area contributed by atoms with Crippen molar-refractivity contribution in [1.82, 2.24) is 19.7 Å². The van der Waals surface area contributed by atoms with Gasteiger partial charge < -0.3 is 5.32 Å². The van der Waals surface area contributed by atoms with Gasteiger partial charge >= 0.3 is 0 Å². The van der Waals surface area contributed by atoms with Gasteiger partial charge in [-0.1, -0.05) is 54.2 Å². The Hall–Kier alpha value is -3.04. The largest absolute Gasteiger partial charge is 0.301 e. The molecule has 162 valence electrons. The molecule has 2 heterocycles. The number of thioether (sulfide) groups is 1. The summed E-state index contributed by atoms with van der Waals surface area (Å²) in [4.78, 5) is 17.3. The van der Waals surface area contributed by atoms with E-state index in [-0.39, 0.29) is 17.8 Å². The average molecular weight is 466 g/mol. The Bertz CT molecular complexity index is 1250. The van der Waals surface area contributed by atoms with Crippen molar-refractivity contribution in [2.45, 2.75) is 36.2 Å². The van der Waals surface area contributed by atoms with Crippen molar-refractivity contribution >= 4 is 34.1 Å². The van der Waals surface area contributed by atoms with Gasteiger partial charge in [0.2, 0.25) is 5.91 Å². The van der Waals surface area contributed by atoms with E-state index in [0.717, 1.165) is 24.1 Å². The van der Waals surface area contributed by atoms with Crippen LogP contribution in [0.3, 0.4) is 0 Å². The first-order chi connectivity index (χ1) is 15.6. The number of nitrogens with one attached hydrogen (secondary N) is 1. The number of carbonyl (C=O) groups excluding carboxylic acids is 1. The van der Waals surface area contributed by atoms with Crippen LogP contribution in [-0.4, -0.2) is 30.9 Å². The van der Waals surface area contributed by atoms with Gasteiger partial charge in [-0.2, -0.15) is 0 Å². The first kappa shape index (κ1) is 20.8. The van der Waals surface area contributed by atoms with Gasteiger partial charge in [0.15, 0.2) is 16.1 Å². The highest BCUT2D eigenvalue weighted by atomic mass is 32.2. The molecular formula is C23H20FN5OS2. The molecule has 4 aromatic rings. The number of anilines is 1. The van der Waals surface area contributed by atoms with Gasteiger partial charge in [0.05, 0.1) is 16.5 Å². The summed E-state index contributed by atoms with van der Waals surface area (Å²) in [5.41, 5.74) is 2.26. The van der Waals surface area contributed by atoms with E-state index in [1.165, 1.54) is 29.2 Å². The van der Waals surface area contributed by atoms with Gasteiger partial charge in [0, 0.05) is 17.0 Å². The first-order valence-corrected chi connectivity index (χ1v) is 12.0. The van der Waals surface area contributed by atoms with Crippen molar-refractivity contribution in [3.8, 4) is 22.6 Å². The molecule has 1 fully saturated rings. The molecule has 1 atom stereocenters. The van der Waals surface area contributed by atoms with E-state index in [9.17, 15) is 9.18 Å². The van der Waals surface area contributed by atoms with Crippen LogP contribution in [0.25, 0.3) is 22.6 Å². The van der Waals surface area contributed by atoms with Crippen LogP contribution in [0.2, 0.25) is 0 Å². The van der Waals surface area contributed by atoms with Crippen molar-refractivity contribution in [2.24, 2.45) is 0 Å². The fourth-order valence-electron chi connectivity index (χ4n) is 3.34. The van der Waals surface area contributed by atoms with E-state index < -0.39 is 5.25 Å². The van der Waals surface area contributed by atoms with E-state index >= 15 is 0 Å². The van der Waals surface area contributed by atoms with Crippen LogP contribution < -0.4 is 5.32 Å².